The third-order valence-corrected chi connectivity index (χ3v) is 4.05. The Morgan fingerprint density at radius 2 is 2.39 bits per heavy atom. The third-order valence-electron chi connectivity index (χ3n) is 3.09. The molecule has 0 amide bonds. The lowest BCUT2D eigenvalue weighted by Gasteiger charge is -2.14. The van der Waals surface area contributed by atoms with E-state index in [1.54, 1.807) is 0 Å². The molecule has 1 saturated heterocycles. The quantitative estimate of drug-likeness (QED) is 0.815. The fourth-order valence-electron chi connectivity index (χ4n) is 2.18. The molecule has 1 fully saturated rings. The molecule has 2 rings (SSSR count). The minimum Gasteiger partial charge on any atom is -0.481 e. The lowest BCUT2D eigenvalue weighted by molar-refractivity contribution is -0.133. The van der Waals surface area contributed by atoms with Crippen LogP contribution in [0.3, 0.4) is 0 Å². The molecule has 7 heteroatoms. The fourth-order valence-corrected chi connectivity index (χ4v) is 2.91. The highest BCUT2D eigenvalue weighted by Crippen LogP contribution is 2.31. The van der Waals surface area contributed by atoms with Crippen molar-refractivity contribution in [3.05, 3.63) is 5.82 Å². The first-order chi connectivity index (χ1) is 8.63. The molecule has 2 unspecified atom stereocenters. The largest absolute Gasteiger partial charge is 0.481 e. The Bertz CT molecular complexity index is 435. The molecule has 2 atom stereocenters. The summed E-state index contributed by atoms with van der Waals surface area (Å²) < 4.78 is 7.53. The Labute approximate surface area is 110 Å². The van der Waals surface area contributed by atoms with Crippen molar-refractivity contribution in [2.45, 2.75) is 44.0 Å². The highest BCUT2D eigenvalue weighted by Gasteiger charge is 2.31. The Kier molecular flexibility index (Phi) is 4.23. The smallest absolute Gasteiger partial charge is 0.313 e. The van der Waals surface area contributed by atoms with Gasteiger partial charge in [-0.25, -0.2) is 0 Å². The lowest BCUT2D eigenvalue weighted by Crippen LogP contribution is -2.15. The summed E-state index contributed by atoms with van der Waals surface area (Å²) in [5.74, 6) is 0.339. The number of carbonyl (C=O) groups is 1. The summed E-state index contributed by atoms with van der Waals surface area (Å²) in [6.07, 6.45) is 1.10. The van der Waals surface area contributed by atoms with Gasteiger partial charge in [-0.2, -0.15) is 0 Å². The first kappa shape index (κ1) is 13.4. The zero-order valence-corrected chi connectivity index (χ0v) is 11.3. The van der Waals surface area contributed by atoms with E-state index in [1.807, 2.05) is 18.4 Å². The van der Waals surface area contributed by atoms with Gasteiger partial charge in [0.1, 0.15) is 5.82 Å². The average Bonchev–Trinajstić information content (AvgIpc) is 2.91. The molecule has 0 radical (unpaired) electrons. The number of hydrogen-bond donors (Lipinski definition) is 1. The van der Waals surface area contributed by atoms with Gasteiger partial charge in [0.05, 0.1) is 11.9 Å². The summed E-state index contributed by atoms with van der Waals surface area (Å²) in [6, 6.07) is 0. The maximum absolute atomic E-state index is 10.6. The van der Waals surface area contributed by atoms with Crippen molar-refractivity contribution in [3.63, 3.8) is 0 Å². The van der Waals surface area contributed by atoms with Crippen molar-refractivity contribution in [2.24, 2.45) is 0 Å². The minimum atomic E-state index is -0.843. The predicted molar refractivity (Wildman–Crippen MR) is 66.8 cm³/mol. The van der Waals surface area contributed by atoms with Crippen LogP contribution in [-0.4, -0.2) is 44.3 Å². The second kappa shape index (κ2) is 5.71. The summed E-state index contributed by atoms with van der Waals surface area (Å²) >= 11 is 1.21. The normalized spacial score (nSPS) is 23.4. The molecule has 100 valence electrons. The van der Waals surface area contributed by atoms with Crippen molar-refractivity contribution in [1.29, 1.82) is 0 Å². The molecule has 1 aliphatic heterocycles. The summed E-state index contributed by atoms with van der Waals surface area (Å²) in [6.45, 7) is 5.54. The molecule has 0 aromatic carbocycles. The molecule has 18 heavy (non-hydrogen) atoms. The van der Waals surface area contributed by atoms with Gasteiger partial charge >= 0.3 is 5.97 Å². The van der Waals surface area contributed by atoms with Gasteiger partial charge in [0.15, 0.2) is 5.16 Å². The number of aromatic nitrogens is 3. The third kappa shape index (κ3) is 2.67. The van der Waals surface area contributed by atoms with Gasteiger partial charge in [-0.1, -0.05) is 11.8 Å². The van der Waals surface area contributed by atoms with Gasteiger partial charge in [-0.3, -0.25) is 4.79 Å². The highest BCUT2D eigenvalue weighted by molar-refractivity contribution is 7.99. The molecule has 1 aromatic heterocycles. The van der Waals surface area contributed by atoms with Crippen molar-refractivity contribution in [1.82, 2.24) is 14.8 Å². The minimum absolute atomic E-state index is 0.00878. The molecule has 1 aromatic rings. The molecule has 0 aliphatic carbocycles. The van der Waals surface area contributed by atoms with Crippen LogP contribution in [0, 0.1) is 0 Å². The standard InChI is InChI=1S/C11H17N3O3S/c1-3-14-10(8-4-5-17-7(8)2)12-13-11(14)18-6-9(15)16/h7-8H,3-6H2,1-2H3,(H,15,16). The van der Waals surface area contributed by atoms with Gasteiger partial charge < -0.3 is 14.4 Å². The molecule has 1 N–H and O–H groups in total. The van der Waals surface area contributed by atoms with Gasteiger partial charge in [0, 0.05) is 19.1 Å². The number of thioether (sulfide) groups is 1. The number of carboxylic acids is 1. The number of rotatable bonds is 5. The molecule has 1 aliphatic rings. The van der Waals surface area contributed by atoms with Crippen LogP contribution in [0.4, 0.5) is 0 Å². The average molecular weight is 271 g/mol. The molecule has 2 heterocycles. The molecule has 6 nitrogen and oxygen atoms in total. The fraction of sp³-hybridized carbons (Fsp3) is 0.727. The van der Waals surface area contributed by atoms with Crippen LogP contribution in [0.1, 0.15) is 32.0 Å². The Morgan fingerprint density at radius 1 is 1.61 bits per heavy atom. The van der Waals surface area contributed by atoms with E-state index in [2.05, 4.69) is 10.2 Å². The van der Waals surface area contributed by atoms with Crippen molar-refractivity contribution in [3.8, 4) is 0 Å². The number of hydrogen-bond acceptors (Lipinski definition) is 5. The summed E-state index contributed by atoms with van der Waals surface area (Å²) in [4.78, 5) is 10.6. The van der Waals surface area contributed by atoms with Crippen LogP contribution >= 0.6 is 11.8 Å². The summed E-state index contributed by atoms with van der Waals surface area (Å²) in [5, 5.41) is 17.7. The van der Waals surface area contributed by atoms with E-state index in [9.17, 15) is 4.79 Å². The zero-order chi connectivity index (χ0) is 13.1. The summed E-state index contributed by atoms with van der Waals surface area (Å²) in [5.41, 5.74) is 0. The van der Waals surface area contributed by atoms with E-state index in [0.29, 0.717) is 5.16 Å². The highest BCUT2D eigenvalue weighted by atomic mass is 32.2. The van der Waals surface area contributed by atoms with E-state index in [0.717, 1.165) is 25.4 Å². The second-order valence-corrected chi connectivity index (χ2v) is 5.18. The van der Waals surface area contributed by atoms with E-state index >= 15 is 0 Å². The van der Waals surface area contributed by atoms with Crippen LogP contribution in [0.5, 0.6) is 0 Å². The van der Waals surface area contributed by atoms with Crippen LogP contribution in [0.15, 0.2) is 5.16 Å². The lowest BCUT2D eigenvalue weighted by atomic mass is 10.0. The Hall–Kier alpha value is -1.08. The van der Waals surface area contributed by atoms with Crippen LogP contribution in [0.2, 0.25) is 0 Å². The van der Waals surface area contributed by atoms with Crippen molar-refractivity contribution in [2.75, 3.05) is 12.4 Å². The molecule has 0 saturated carbocycles. The van der Waals surface area contributed by atoms with Crippen molar-refractivity contribution < 1.29 is 14.6 Å². The molecule has 0 spiro atoms. The number of aliphatic carboxylic acids is 1. The van der Waals surface area contributed by atoms with E-state index in [1.165, 1.54) is 11.8 Å². The topological polar surface area (TPSA) is 77.2 Å². The van der Waals surface area contributed by atoms with Gasteiger partial charge in [0.2, 0.25) is 0 Å². The van der Waals surface area contributed by atoms with Crippen LogP contribution < -0.4 is 0 Å². The zero-order valence-electron chi connectivity index (χ0n) is 10.5. The first-order valence-electron chi connectivity index (χ1n) is 6.02. The molecular formula is C11H17N3O3S. The van der Waals surface area contributed by atoms with Gasteiger partial charge in [0.25, 0.3) is 0 Å². The van der Waals surface area contributed by atoms with Crippen LogP contribution in [-0.2, 0) is 16.1 Å². The molecule has 0 bridgehead atoms. The van der Waals surface area contributed by atoms with E-state index < -0.39 is 5.97 Å². The van der Waals surface area contributed by atoms with Gasteiger partial charge in [-0.05, 0) is 20.3 Å². The Balaban J connectivity index is 2.18. The number of carboxylic acid groups (broad SMARTS) is 1. The van der Waals surface area contributed by atoms with Crippen molar-refractivity contribution >= 4 is 17.7 Å². The first-order valence-corrected chi connectivity index (χ1v) is 7.01. The number of nitrogens with zero attached hydrogens (tertiary/aromatic N) is 3. The van der Waals surface area contributed by atoms with Gasteiger partial charge in [-0.15, -0.1) is 10.2 Å². The SMILES string of the molecule is CCn1c(SCC(=O)O)nnc1C1CCOC1C. The summed E-state index contributed by atoms with van der Waals surface area (Å²) in [7, 11) is 0. The predicted octanol–water partition coefficient (Wildman–Crippen LogP) is 1.37. The second-order valence-electron chi connectivity index (χ2n) is 4.24. The monoisotopic (exact) mass is 271 g/mol. The maximum Gasteiger partial charge on any atom is 0.313 e. The van der Waals surface area contributed by atoms with E-state index in [4.69, 9.17) is 9.84 Å². The van der Waals surface area contributed by atoms with E-state index in [-0.39, 0.29) is 17.8 Å². The van der Waals surface area contributed by atoms with Crippen LogP contribution in [0.25, 0.3) is 0 Å². The maximum atomic E-state index is 10.6. The number of ether oxygens (including phenoxy) is 1. The molecular weight excluding hydrogens is 254 g/mol. The Morgan fingerprint density at radius 3 is 2.94 bits per heavy atom.